The summed E-state index contributed by atoms with van der Waals surface area (Å²) in [5.41, 5.74) is 2.96. The predicted molar refractivity (Wildman–Crippen MR) is 87.4 cm³/mol. The van der Waals surface area contributed by atoms with Gasteiger partial charge < -0.3 is 0 Å². The van der Waals surface area contributed by atoms with Crippen molar-refractivity contribution in [1.29, 1.82) is 0 Å². The van der Waals surface area contributed by atoms with E-state index < -0.39 is 0 Å². The first-order valence-electron chi connectivity index (χ1n) is 8.28. The standard InChI is InChI=1S/C20H25F/c1-3-5-6-17-13-18-12-16(14-20(17,18)11-4-2)15-7-9-19(21)10-8-15/h4,7-10,14,17-18H,2-3,5-6,11-13H2,1H3/t17-,18?,20-/m0/s1. The van der Waals surface area contributed by atoms with Gasteiger partial charge in [-0.25, -0.2) is 4.39 Å². The number of unbranched alkanes of at least 4 members (excludes halogenated alkanes) is 1. The van der Waals surface area contributed by atoms with Gasteiger partial charge in [-0.3, -0.25) is 0 Å². The molecule has 0 nitrogen and oxygen atoms in total. The highest BCUT2D eigenvalue weighted by Crippen LogP contribution is 2.64. The van der Waals surface area contributed by atoms with Gasteiger partial charge in [0.1, 0.15) is 5.82 Å². The van der Waals surface area contributed by atoms with Crippen LogP contribution in [0.4, 0.5) is 4.39 Å². The third-order valence-electron chi connectivity index (χ3n) is 5.62. The second kappa shape index (κ2) is 5.79. The van der Waals surface area contributed by atoms with Gasteiger partial charge in [0.2, 0.25) is 0 Å². The van der Waals surface area contributed by atoms with Crippen LogP contribution in [0.15, 0.2) is 43.0 Å². The maximum absolute atomic E-state index is 13.1. The monoisotopic (exact) mass is 284 g/mol. The van der Waals surface area contributed by atoms with Gasteiger partial charge in [-0.15, -0.1) is 6.58 Å². The smallest absolute Gasteiger partial charge is 0.123 e. The van der Waals surface area contributed by atoms with E-state index in [1.54, 1.807) is 12.1 Å². The summed E-state index contributed by atoms with van der Waals surface area (Å²) in [6, 6.07) is 7.00. The molecule has 1 unspecified atom stereocenters. The van der Waals surface area contributed by atoms with Crippen molar-refractivity contribution < 1.29 is 4.39 Å². The van der Waals surface area contributed by atoms with Gasteiger partial charge in [-0.2, -0.15) is 0 Å². The molecule has 21 heavy (non-hydrogen) atoms. The molecule has 2 aliphatic carbocycles. The molecule has 1 aromatic carbocycles. The molecule has 2 aliphatic rings. The maximum atomic E-state index is 13.1. The summed E-state index contributed by atoms with van der Waals surface area (Å²) in [7, 11) is 0. The molecule has 3 rings (SSSR count). The van der Waals surface area contributed by atoms with Crippen molar-refractivity contribution in [2.24, 2.45) is 17.3 Å². The summed E-state index contributed by atoms with van der Waals surface area (Å²) >= 11 is 0. The molecule has 1 heteroatoms. The Morgan fingerprint density at radius 2 is 2.10 bits per heavy atom. The van der Waals surface area contributed by atoms with Crippen molar-refractivity contribution in [3.63, 3.8) is 0 Å². The van der Waals surface area contributed by atoms with Gasteiger partial charge in [0.15, 0.2) is 0 Å². The minimum absolute atomic E-state index is 0.151. The van der Waals surface area contributed by atoms with Crippen molar-refractivity contribution in [2.75, 3.05) is 0 Å². The summed E-state index contributed by atoms with van der Waals surface area (Å²) in [5, 5.41) is 0. The van der Waals surface area contributed by atoms with Crippen molar-refractivity contribution >= 4 is 5.57 Å². The molecule has 0 amide bonds. The molecule has 3 atom stereocenters. The summed E-state index contributed by atoms with van der Waals surface area (Å²) in [4.78, 5) is 0. The number of allylic oxidation sites excluding steroid dienone is 3. The Morgan fingerprint density at radius 3 is 2.76 bits per heavy atom. The summed E-state index contributed by atoms with van der Waals surface area (Å²) < 4.78 is 13.1. The van der Waals surface area contributed by atoms with Gasteiger partial charge in [-0.1, -0.05) is 44.1 Å². The number of hydrogen-bond acceptors (Lipinski definition) is 0. The molecule has 112 valence electrons. The number of halogens is 1. The van der Waals surface area contributed by atoms with Crippen LogP contribution in [0.3, 0.4) is 0 Å². The molecule has 0 N–H and O–H groups in total. The Labute approximate surface area is 127 Å². The zero-order chi connectivity index (χ0) is 14.9. The summed E-state index contributed by atoms with van der Waals surface area (Å²) in [6.07, 6.45) is 12.2. The molecule has 0 radical (unpaired) electrons. The van der Waals surface area contributed by atoms with Crippen LogP contribution in [-0.4, -0.2) is 0 Å². The minimum Gasteiger partial charge on any atom is -0.207 e. The summed E-state index contributed by atoms with van der Waals surface area (Å²) in [5.74, 6) is 1.44. The van der Waals surface area contributed by atoms with Crippen LogP contribution >= 0.6 is 0 Å². The van der Waals surface area contributed by atoms with Crippen LogP contribution in [0.2, 0.25) is 0 Å². The Bertz CT molecular complexity index is 539. The zero-order valence-electron chi connectivity index (χ0n) is 12.9. The second-order valence-electron chi connectivity index (χ2n) is 6.76. The lowest BCUT2D eigenvalue weighted by Gasteiger charge is -2.52. The fourth-order valence-corrected chi connectivity index (χ4v) is 4.46. The van der Waals surface area contributed by atoms with E-state index in [9.17, 15) is 4.39 Å². The van der Waals surface area contributed by atoms with Crippen molar-refractivity contribution in [3.8, 4) is 0 Å². The van der Waals surface area contributed by atoms with E-state index >= 15 is 0 Å². The predicted octanol–water partition coefficient (Wildman–Crippen LogP) is 6.00. The van der Waals surface area contributed by atoms with Gasteiger partial charge in [0, 0.05) is 0 Å². The number of rotatable bonds is 6. The molecule has 1 fully saturated rings. The lowest BCUT2D eigenvalue weighted by atomic mass is 9.52. The minimum atomic E-state index is -0.151. The Morgan fingerprint density at radius 1 is 1.33 bits per heavy atom. The van der Waals surface area contributed by atoms with Gasteiger partial charge in [0.05, 0.1) is 0 Å². The summed E-state index contributed by atoms with van der Waals surface area (Å²) in [6.45, 7) is 6.25. The first kappa shape index (κ1) is 14.6. The highest BCUT2D eigenvalue weighted by Gasteiger charge is 2.54. The molecule has 0 aromatic heterocycles. The number of benzene rings is 1. The van der Waals surface area contributed by atoms with Crippen LogP contribution in [0.5, 0.6) is 0 Å². The first-order valence-corrected chi connectivity index (χ1v) is 8.28. The topological polar surface area (TPSA) is 0 Å². The van der Waals surface area contributed by atoms with E-state index in [4.69, 9.17) is 0 Å². The molecule has 0 saturated heterocycles. The lowest BCUT2D eigenvalue weighted by Crippen LogP contribution is -2.45. The normalized spacial score (nSPS) is 30.5. The second-order valence-corrected chi connectivity index (χ2v) is 6.76. The van der Waals surface area contributed by atoms with E-state index in [-0.39, 0.29) is 5.82 Å². The average molecular weight is 284 g/mol. The fraction of sp³-hybridized carbons (Fsp3) is 0.500. The third-order valence-corrected chi connectivity index (χ3v) is 5.62. The fourth-order valence-electron chi connectivity index (χ4n) is 4.46. The molecule has 0 aliphatic heterocycles. The van der Waals surface area contributed by atoms with Crippen molar-refractivity contribution in [1.82, 2.24) is 0 Å². The highest BCUT2D eigenvalue weighted by molar-refractivity contribution is 5.70. The van der Waals surface area contributed by atoms with E-state index in [0.29, 0.717) is 5.41 Å². The van der Waals surface area contributed by atoms with E-state index in [1.807, 2.05) is 12.1 Å². The Balaban J connectivity index is 1.84. The van der Waals surface area contributed by atoms with Gasteiger partial charge >= 0.3 is 0 Å². The van der Waals surface area contributed by atoms with Crippen molar-refractivity contribution in [3.05, 3.63) is 54.4 Å². The Kier molecular flexibility index (Phi) is 4.01. The van der Waals surface area contributed by atoms with Crippen LogP contribution in [0.25, 0.3) is 5.57 Å². The highest BCUT2D eigenvalue weighted by atomic mass is 19.1. The molecule has 1 aromatic rings. The van der Waals surface area contributed by atoms with Gasteiger partial charge in [0.25, 0.3) is 0 Å². The quantitative estimate of drug-likeness (QED) is 0.562. The van der Waals surface area contributed by atoms with Crippen LogP contribution in [0, 0.1) is 23.1 Å². The van der Waals surface area contributed by atoms with Crippen LogP contribution in [0.1, 0.15) is 51.0 Å². The number of hydrogen-bond donors (Lipinski definition) is 0. The lowest BCUT2D eigenvalue weighted by molar-refractivity contribution is 0.00185. The molecular weight excluding hydrogens is 259 g/mol. The molecule has 1 saturated carbocycles. The zero-order valence-corrected chi connectivity index (χ0v) is 12.9. The van der Waals surface area contributed by atoms with Crippen LogP contribution in [-0.2, 0) is 0 Å². The van der Waals surface area contributed by atoms with Crippen molar-refractivity contribution in [2.45, 2.75) is 45.4 Å². The van der Waals surface area contributed by atoms with E-state index in [2.05, 4.69) is 25.7 Å². The largest absolute Gasteiger partial charge is 0.207 e. The molecule has 0 bridgehead atoms. The number of fused-ring (bicyclic) bond motifs is 1. The third kappa shape index (κ3) is 2.47. The maximum Gasteiger partial charge on any atom is 0.123 e. The van der Waals surface area contributed by atoms with Crippen LogP contribution < -0.4 is 0 Å². The SMILES string of the molecule is C=CC[C@@]12C=C(c3ccc(F)cc3)CC1C[C@@H]2CCCC. The van der Waals surface area contributed by atoms with E-state index in [1.165, 1.54) is 36.8 Å². The van der Waals surface area contributed by atoms with Gasteiger partial charge in [-0.05, 0) is 66.2 Å². The molecule has 0 heterocycles. The Hall–Kier alpha value is -1.37. The first-order chi connectivity index (χ1) is 10.2. The molecule has 0 spiro atoms. The van der Waals surface area contributed by atoms with E-state index in [0.717, 1.165) is 24.7 Å². The average Bonchev–Trinajstić information content (AvgIpc) is 2.75. The molecular formula is C20H25F.